The molecule has 2 heterocycles. The highest BCUT2D eigenvalue weighted by molar-refractivity contribution is 5.83. The van der Waals surface area contributed by atoms with E-state index in [1.54, 1.807) is 30.5 Å². The number of amides is 1. The Balaban J connectivity index is 1.67. The summed E-state index contributed by atoms with van der Waals surface area (Å²) in [5.74, 6) is -0.0760. The smallest absolute Gasteiger partial charge is 0.242 e. The molecule has 2 N–H and O–H groups in total. The van der Waals surface area contributed by atoms with E-state index in [0.717, 1.165) is 23.2 Å². The van der Waals surface area contributed by atoms with Crippen LogP contribution in [0.15, 0.2) is 55.4 Å². The van der Waals surface area contributed by atoms with Crippen molar-refractivity contribution >= 4 is 5.91 Å². The van der Waals surface area contributed by atoms with Gasteiger partial charge in [-0.1, -0.05) is 24.3 Å². The van der Waals surface area contributed by atoms with Crippen molar-refractivity contribution in [3.8, 4) is 0 Å². The molecule has 0 aliphatic carbocycles. The number of carbonyl (C=O) groups excluding carboxylic acids is 1. The maximum atomic E-state index is 12.6. The number of aryl methyl sites for hydroxylation is 1. The van der Waals surface area contributed by atoms with Crippen LogP contribution in [0.1, 0.15) is 22.7 Å². The number of likely N-dealkylation sites (N-methyl/N-ethyl adjacent to an activating group) is 1. The van der Waals surface area contributed by atoms with Gasteiger partial charge in [0, 0.05) is 44.3 Å². The molecule has 1 aromatic carbocycles. The number of nitrogens with one attached hydrogen (secondary N) is 2. The molecule has 2 aromatic heterocycles. The minimum atomic E-state index is -0.422. The van der Waals surface area contributed by atoms with E-state index in [-0.39, 0.29) is 5.91 Å². The fraction of sp³-hybridized carbons (Fsp3) is 0.278. The van der Waals surface area contributed by atoms with Gasteiger partial charge in [0.25, 0.3) is 0 Å². The second-order valence-electron chi connectivity index (χ2n) is 5.89. The Labute approximate surface area is 146 Å². The van der Waals surface area contributed by atoms with E-state index in [9.17, 15) is 4.79 Å². The van der Waals surface area contributed by atoms with E-state index in [0.29, 0.717) is 6.54 Å². The first kappa shape index (κ1) is 16.9. The van der Waals surface area contributed by atoms with Crippen molar-refractivity contribution in [1.82, 2.24) is 30.0 Å². The van der Waals surface area contributed by atoms with Gasteiger partial charge in [-0.05, 0) is 18.2 Å². The van der Waals surface area contributed by atoms with Gasteiger partial charge in [-0.25, -0.2) is 4.98 Å². The third-order valence-electron chi connectivity index (χ3n) is 4.09. The first-order valence-electron chi connectivity index (χ1n) is 8.13. The molecule has 0 spiro atoms. The van der Waals surface area contributed by atoms with Gasteiger partial charge in [0.15, 0.2) is 0 Å². The lowest BCUT2D eigenvalue weighted by Gasteiger charge is -2.16. The number of hydrogen-bond donors (Lipinski definition) is 2. The summed E-state index contributed by atoms with van der Waals surface area (Å²) in [7, 11) is 3.60. The average Bonchev–Trinajstić information content (AvgIpc) is 3.27. The van der Waals surface area contributed by atoms with Crippen LogP contribution < -0.4 is 10.6 Å². The molecule has 7 nitrogen and oxygen atoms in total. The van der Waals surface area contributed by atoms with Crippen LogP contribution in [0.5, 0.6) is 0 Å². The molecule has 0 fully saturated rings. The summed E-state index contributed by atoms with van der Waals surface area (Å²) >= 11 is 0. The van der Waals surface area contributed by atoms with Crippen LogP contribution >= 0.6 is 0 Å². The predicted octanol–water partition coefficient (Wildman–Crippen LogP) is 1.24. The highest BCUT2D eigenvalue weighted by Crippen LogP contribution is 2.14. The van der Waals surface area contributed by atoms with Gasteiger partial charge in [0.2, 0.25) is 5.91 Å². The van der Waals surface area contributed by atoms with Gasteiger partial charge in [-0.15, -0.1) is 0 Å². The monoisotopic (exact) mass is 338 g/mol. The first-order valence-corrected chi connectivity index (χ1v) is 8.13. The standard InChI is InChI=1S/C18H22N6O/c1-19-17(16-10-22-23(2)11-16)18(25)21-9-14-5-3-4-6-15(14)12-24-8-7-20-13-24/h3-8,10-11,13,17,19H,9,12H2,1-2H3,(H,21,25). The van der Waals surface area contributed by atoms with E-state index in [2.05, 4.69) is 26.8 Å². The molecule has 25 heavy (non-hydrogen) atoms. The van der Waals surface area contributed by atoms with E-state index < -0.39 is 6.04 Å². The minimum absolute atomic E-state index is 0.0760. The van der Waals surface area contributed by atoms with E-state index in [4.69, 9.17) is 0 Å². The molecule has 1 amide bonds. The van der Waals surface area contributed by atoms with Crippen LogP contribution in [0.2, 0.25) is 0 Å². The summed E-state index contributed by atoms with van der Waals surface area (Å²) in [5, 5.41) is 10.2. The first-order chi connectivity index (χ1) is 12.2. The minimum Gasteiger partial charge on any atom is -0.350 e. The van der Waals surface area contributed by atoms with Crippen LogP contribution in [0.4, 0.5) is 0 Å². The number of carbonyl (C=O) groups is 1. The van der Waals surface area contributed by atoms with Crippen LogP contribution in [-0.4, -0.2) is 32.3 Å². The summed E-state index contributed by atoms with van der Waals surface area (Å²) < 4.78 is 3.69. The topological polar surface area (TPSA) is 76.8 Å². The molecule has 0 aliphatic rings. The van der Waals surface area contributed by atoms with Crippen molar-refractivity contribution < 1.29 is 4.79 Å². The lowest BCUT2D eigenvalue weighted by atomic mass is 10.1. The van der Waals surface area contributed by atoms with Crippen molar-refractivity contribution in [1.29, 1.82) is 0 Å². The maximum Gasteiger partial charge on any atom is 0.242 e. The molecule has 130 valence electrons. The van der Waals surface area contributed by atoms with Gasteiger partial charge in [0.1, 0.15) is 6.04 Å². The Kier molecular flexibility index (Phi) is 5.25. The van der Waals surface area contributed by atoms with E-state index in [1.165, 1.54) is 0 Å². The third kappa shape index (κ3) is 4.13. The van der Waals surface area contributed by atoms with Crippen molar-refractivity contribution in [3.63, 3.8) is 0 Å². The number of benzene rings is 1. The van der Waals surface area contributed by atoms with Gasteiger partial charge in [0.05, 0.1) is 12.5 Å². The fourth-order valence-corrected chi connectivity index (χ4v) is 2.78. The Morgan fingerprint density at radius 3 is 2.72 bits per heavy atom. The summed E-state index contributed by atoms with van der Waals surface area (Å²) in [5.41, 5.74) is 3.09. The zero-order valence-electron chi connectivity index (χ0n) is 14.4. The average molecular weight is 338 g/mol. The highest BCUT2D eigenvalue weighted by Gasteiger charge is 2.20. The zero-order valence-corrected chi connectivity index (χ0v) is 14.4. The third-order valence-corrected chi connectivity index (χ3v) is 4.09. The molecule has 0 saturated heterocycles. The summed E-state index contributed by atoms with van der Waals surface area (Å²) in [6.45, 7) is 1.20. The molecule has 0 saturated carbocycles. The van der Waals surface area contributed by atoms with Gasteiger partial charge >= 0.3 is 0 Å². The van der Waals surface area contributed by atoms with Crippen molar-refractivity contribution in [2.45, 2.75) is 19.1 Å². The molecule has 3 aromatic rings. The lowest BCUT2D eigenvalue weighted by Crippen LogP contribution is -2.35. The molecular formula is C18H22N6O. The van der Waals surface area contributed by atoms with Crippen molar-refractivity contribution in [2.24, 2.45) is 7.05 Å². The Morgan fingerprint density at radius 2 is 2.08 bits per heavy atom. The summed E-state index contributed by atoms with van der Waals surface area (Å²) in [4.78, 5) is 16.6. The lowest BCUT2D eigenvalue weighted by molar-refractivity contribution is -0.123. The van der Waals surface area contributed by atoms with Crippen LogP contribution in [0.25, 0.3) is 0 Å². The molecule has 3 rings (SSSR count). The molecule has 0 radical (unpaired) electrons. The number of rotatable bonds is 7. The number of hydrogen-bond acceptors (Lipinski definition) is 4. The Hall–Kier alpha value is -2.93. The molecule has 1 atom stereocenters. The largest absolute Gasteiger partial charge is 0.350 e. The maximum absolute atomic E-state index is 12.6. The van der Waals surface area contributed by atoms with E-state index >= 15 is 0 Å². The van der Waals surface area contributed by atoms with Crippen LogP contribution in [0, 0.1) is 0 Å². The van der Waals surface area contributed by atoms with Crippen molar-refractivity contribution in [2.75, 3.05) is 7.05 Å². The second kappa shape index (κ2) is 7.76. The zero-order chi connectivity index (χ0) is 17.6. The SMILES string of the molecule is CNC(C(=O)NCc1ccccc1Cn1ccnc1)c1cnn(C)c1. The normalized spacial score (nSPS) is 12.1. The molecule has 7 heteroatoms. The fourth-order valence-electron chi connectivity index (χ4n) is 2.78. The molecule has 0 bridgehead atoms. The summed E-state index contributed by atoms with van der Waals surface area (Å²) in [6.07, 6.45) is 9.01. The molecular weight excluding hydrogens is 316 g/mol. The van der Waals surface area contributed by atoms with Crippen LogP contribution in [0.3, 0.4) is 0 Å². The van der Waals surface area contributed by atoms with Crippen LogP contribution in [-0.2, 0) is 24.9 Å². The number of imidazole rings is 1. The van der Waals surface area contributed by atoms with Gasteiger partial charge < -0.3 is 15.2 Å². The number of nitrogens with zero attached hydrogens (tertiary/aromatic N) is 4. The quantitative estimate of drug-likeness (QED) is 0.680. The highest BCUT2D eigenvalue weighted by atomic mass is 16.2. The Bertz CT molecular complexity index is 824. The molecule has 0 aliphatic heterocycles. The second-order valence-corrected chi connectivity index (χ2v) is 5.89. The Morgan fingerprint density at radius 1 is 1.28 bits per heavy atom. The molecule has 1 unspecified atom stereocenters. The van der Waals surface area contributed by atoms with E-state index in [1.807, 2.05) is 42.2 Å². The predicted molar refractivity (Wildman–Crippen MR) is 94.6 cm³/mol. The van der Waals surface area contributed by atoms with Gasteiger partial charge in [-0.2, -0.15) is 5.10 Å². The number of aromatic nitrogens is 4. The summed E-state index contributed by atoms with van der Waals surface area (Å²) in [6, 6.07) is 7.66. The van der Waals surface area contributed by atoms with Crippen molar-refractivity contribution in [3.05, 3.63) is 72.1 Å². The van der Waals surface area contributed by atoms with Gasteiger partial charge in [-0.3, -0.25) is 9.48 Å².